The van der Waals surface area contributed by atoms with Crippen LogP contribution in [-0.4, -0.2) is 36.1 Å². The Kier molecular flexibility index (Phi) is 2.99. The minimum atomic E-state index is -0.0514. The van der Waals surface area contributed by atoms with Crippen LogP contribution in [0.2, 0.25) is 0 Å². The third-order valence-electron chi connectivity index (χ3n) is 2.72. The Balaban J connectivity index is 2.25. The largest absolute Gasteiger partial charge is 0.377 e. The summed E-state index contributed by atoms with van der Waals surface area (Å²) in [6, 6.07) is 0. The summed E-state index contributed by atoms with van der Waals surface area (Å²) in [4.78, 5) is 18.5. The van der Waals surface area contributed by atoms with E-state index in [9.17, 15) is 4.79 Å². The number of anilines is 1. The maximum atomic E-state index is 11.2. The summed E-state index contributed by atoms with van der Waals surface area (Å²) >= 11 is 1.46. The first-order chi connectivity index (χ1) is 7.50. The molecule has 0 atom stereocenters. The molecular formula is C11H16N2O2S. The molecule has 2 heterocycles. The molecule has 1 fully saturated rings. The standard InChI is InChI=1S/C11H16N2O2S/c1-8(14)9-6-12-10(16-9)13-4-5-15-7-11(13,2)3/h6H,4-5,7H2,1-3H3. The molecule has 0 aromatic carbocycles. The number of ether oxygens (including phenoxy) is 1. The molecule has 2 rings (SSSR count). The van der Waals surface area contributed by atoms with Crippen LogP contribution in [-0.2, 0) is 4.74 Å². The van der Waals surface area contributed by atoms with Crippen LogP contribution in [0, 0.1) is 0 Å². The number of carbonyl (C=O) groups is 1. The van der Waals surface area contributed by atoms with E-state index in [-0.39, 0.29) is 11.3 Å². The van der Waals surface area contributed by atoms with Gasteiger partial charge in [-0.05, 0) is 13.8 Å². The predicted octanol–water partition coefficient (Wildman–Crippen LogP) is 1.96. The zero-order valence-electron chi connectivity index (χ0n) is 9.82. The zero-order chi connectivity index (χ0) is 11.8. The molecule has 5 heteroatoms. The fraction of sp³-hybridized carbons (Fsp3) is 0.636. The SMILES string of the molecule is CC(=O)c1cnc(N2CCOCC2(C)C)s1. The van der Waals surface area contributed by atoms with Gasteiger partial charge < -0.3 is 9.64 Å². The van der Waals surface area contributed by atoms with Crippen LogP contribution in [0.1, 0.15) is 30.4 Å². The van der Waals surface area contributed by atoms with Gasteiger partial charge >= 0.3 is 0 Å². The molecule has 4 nitrogen and oxygen atoms in total. The van der Waals surface area contributed by atoms with Gasteiger partial charge in [0.2, 0.25) is 0 Å². The van der Waals surface area contributed by atoms with E-state index < -0.39 is 0 Å². The highest BCUT2D eigenvalue weighted by Crippen LogP contribution is 2.30. The van der Waals surface area contributed by atoms with Crippen molar-refractivity contribution in [2.45, 2.75) is 26.3 Å². The first-order valence-electron chi connectivity index (χ1n) is 5.33. The van der Waals surface area contributed by atoms with E-state index in [1.54, 1.807) is 13.1 Å². The van der Waals surface area contributed by atoms with Crippen molar-refractivity contribution in [1.29, 1.82) is 0 Å². The minimum absolute atomic E-state index is 0.0514. The van der Waals surface area contributed by atoms with Crippen LogP contribution in [0.25, 0.3) is 0 Å². The van der Waals surface area contributed by atoms with Crippen LogP contribution in [0.5, 0.6) is 0 Å². The second-order valence-electron chi connectivity index (χ2n) is 4.58. The van der Waals surface area contributed by atoms with E-state index >= 15 is 0 Å². The van der Waals surface area contributed by atoms with Crippen molar-refractivity contribution in [2.24, 2.45) is 0 Å². The molecule has 16 heavy (non-hydrogen) atoms. The number of ketones is 1. The first kappa shape index (κ1) is 11.5. The Labute approximate surface area is 99.2 Å². The highest BCUT2D eigenvalue weighted by atomic mass is 32.1. The monoisotopic (exact) mass is 240 g/mol. The number of thiazole rings is 1. The van der Waals surface area contributed by atoms with Gasteiger partial charge in [0.25, 0.3) is 0 Å². The smallest absolute Gasteiger partial charge is 0.186 e. The summed E-state index contributed by atoms with van der Waals surface area (Å²) in [6.07, 6.45) is 1.66. The molecule has 0 bridgehead atoms. The first-order valence-corrected chi connectivity index (χ1v) is 6.14. The summed E-state index contributed by atoms with van der Waals surface area (Å²) in [5.41, 5.74) is -0.0514. The molecule has 1 aromatic rings. The topological polar surface area (TPSA) is 42.4 Å². The van der Waals surface area contributed by atoms with Crippen molar-refractivity contribution >= 4 is 22.3 Å². The summed E-state index contributed by atoms with van der Waals surface area (Å²) < 4.78 is 5.46. The summed E-state index contributed by atoms with van der Waals surface area (Å²) in [7, 11) is 0. The number of aromatic nitrogens is 1. The van der Waals surface area contributed by atoms with Crippen LogP contribution in [0.3, 0.4) is 0 Å². The number of Topliss-reactive ketones (excluding diaryl/α,β-unsaturated/α-hetero) is 1. The molecule has 1 aromatic heterocycles. The maximum Gasteiger partial charge on any atom is 0.186 e. The third-order valence-corrected chi connectivity index (χ3v) is 3.84. The average molecular weight is 240 g/mol. The van der Waals surface area contributed by atoms with Gasteiger partial charge in [-0.15, -0.1) is 0 Å². The average Bonchev–Trinajstić information content (AvgIpc) is 2.65. The lowest BCUT2D eigenvalue weighted by Crippen LogP contribution is -2.53. The lowest BCUT2D eigenvalue weighted by Gasteiger charge is -2.41. The van der Waals surface area contributed by atoms with Crippen LogP contribution in [0.15, 0.2) is 6.20 Å². The van der Waals surface area contributed by atoms with Crippen molar-refractivity contribution in [3.63, 3.8) is 0 Å². The van der Waals surface area contributed by atoms with Gasteiger partial charge in [-0.2, -0.15) is 0 Å². The Bertz CT molecular complexity index is 400. The summed E-state index contributed by atoms with van der Waals surface area (Å²) in [5.74, 6) is 0.0785. The van der Waals surface area contributed by atoms with Gasteiger partial charge in [-0.1, -0.05) is 11.3 Å². The second kappa shape index (κ2) is 4.14. The zero-order valence-corrected chi connectivity index (χ0v) is 10.6. The molecule has 1 aliphatic heterocycles. The lowest BCUT2D eigenvalue weighted by atomic mass is 10.0. The van der Waals surface area contributed by atoms with E-state index in [0.717, 1.165) is 23.2 Å². The number of nitrogens with zero attached hydrogens (tertiary/aromatic N) is 2. The van der Waals surface area contributed by atoms with Crippen molar-refractivity contribution < 1.29 is 9.53 Å². The van der Waals surface area contributed by atoms with E-state index in [1.165, 1.54) is 11.3 Å². The van der Waals surface area contributed by atoms with Gasteiger partial charge in [-0.3, -0.25) is 4.79 Å². The van der Waals surface area contributed by atoms with Crippen LogP contribution < -0.4 is 4.90 Å². The molecule has 0 aliphatic carbocycles. The Morgan fingerprint density at radius 2 is 2.38 bits per heavy atom. The van der Waals surface area contributed by atoms with Crippen molar-refractivity contribution in [2.75, 3.05) is 24.7 Å². The highest BCUT2D eigenvalue weighted by molar-refractivity contribution is 7.17. The Morgan fingerprint density at radius 3 is 2.94 bits per heavy atom. The van der Waals surface area contributed by atoms with Gasteiger partial charge in [-0.25, -0.2) is 4.98 Å². The Morgan fingerprint density at radius 1 is 1.62 bits per heavy atom. The van der Waals surface area contributed by atoms with Gasteiger partial charge in [0.15, 0.2) is 10.9 Å². The molecule has 0 saturated carbocycles. The van der Waals surface area contributed by atoms with Gasteiger partial charge in [0, 0.05) is 13.5 Å². The number of morpholine rings is 1. The highest BCUT2D eigenvalue weighted by Gasteiger charge is 2.32. The Hall–Kier alpha value is -0.940. The lowest BCUT2D eigenvalue weighted by molar-refractivity contribution is 0.0644. The molecule has 0 spiro atoms. The number of carbonyl (C=O) groups excluding carboxylic acids is 1. The molecule has 0 unspecified atom stereocenters. The van der Waals surface area contributed by atoms with E-state index in [0.29, 0.717) is 6.61 Å². The molecule has 0 radical (unpaired) electrons. The number of hydrogen-bond acceptors (Lipinski definition) is 5. The molecule has 1 aliphatic rings. The fourth-order valence-corrected chi connectivity index (χ4v) is 2.77. The molecule has 88 valence electrons. The minimum Gasteiger partial charge on any atom is -0.377 e. The van der Waals surface area contributed by atoms with Crippen LogP contribution >= 0.6 is 11.3 Å². The maximum absolute atomic E-state index is 11.2. The number of hydrogen-bond donors (Lipinski definition) is 0. The van der Waals surface area contributed by atoms with Crippen molar-refractivity contribution in [1.82, 2.24) is 4.98 Å². The predicted molar refractivity (Wildman–Crippen MR) is 64.4 cm³/mol. The normalized spacial score (nSPS) is 19.8. The van der Waals surface area contributed by atoms with E-state index in [2.05, 4.69) is 23.7 Å². The quantitative estimate of drug-likeness (QED) is 0.741. The van der Waals surface area contributed by atoms with Crippen molar-refractivity contribution in [3.05, 3.63) is 11.1 Å². The third kappa shape index (κ3) is 2.10. The summed E-state index contributed by atoms with van der Waals surface area (Å²) in [5, 5.41) is 0.915. The molecule has 0 amide bonds. The molecular weight excluding hydrogens is 224 g/mol. The van der Waals surface area contributed by atoms with E-state index in [1.807, 2.05) is 0 Å². The summed E-state index contributed by atoms with van der Waals surface area (Å²) in [6.45, 7) is 8.07. The van der Waals surface area contributed by atoms with Crippen LogP contribution in [0.4, 0.5) is 5.13 Å². The van der Waals surface area contributed by atoms with Gasteiger partial charge in [0.05, 0.1) is 29.8 Å². The molecule has 1 saturated heterocycles. The van der Waals surface area contributed by atoms with Crippen molar-refractivity contribution in [3.8, 4) is 0 Å². The fourth-order valence-electron chi connectivity index (χ4n) is 1.77. The van der Waals surface area contributed by atoms with E-state index in [4.69, 9.17) is 4.74 Å². The molecule has 0 N–H and O–H groups in total. The number of rotatable bonds is 2. The van der Waals surface area contributed by atoms with Gasteiger partial charge in [0.1, 0.15) is 0 Å². The second-order valence-corrected chi connectivity index (χ2v) is 5.59.